The second kappa shape index (κ2) is 7.42. The van der Waals surface area contributed by atoms with Crippen molar-refractivity contribution >= 4 is 44.8 Å². The molecule has 0 aliphatic rings. The lowest BCUT2D eigenvalue weighted by Gasteiger charge is -2.11. The van der Waals surface area contributed by atoms with Crippen molar-refractivity contribution in [3.63, 3.8) is 0 Å². The van der Waals surface area contributed by atoms with Gasteiger partial charge in [0, 0.05) is 11.6 Å². The van der Waals surface area contributed by atoms with E-state index in [2.05, 4.69) is 10.0 Å². The Hall–Kier alpha value is -1.76. The normalized spacial score (nSPS) is 11.4. The summed E-state index contributed by atoms with van der Waals surface area (Å²) in [6.07, 6.45) is 0. The van der Waals surface area contributed by atoms with E-state index >= 15 is 0 Å². The van der Waals surface area contributed by atoms with E-state index in [1.54, 1.807) is 6.07 Å². The Morgan fingerprint density at radius 1 is 1.04 bits per heavy atom. The molecule has 0 atom stereocenters. The van der Waals surface area contributed by atoms with E-state index in [9.17, 15) is 13.2 Å². The van der Waals surface area contributed by atoms with Crippen molar-refractivity contribution in [2.24, 2.45) is 0 Å². The minimum atomic E-state index is -3.86. The second-order valence-corrected chi connectivity index (χ2v) is 7.89. The van der Waals surface area contributed by atoms with E-state index < -0.39 is 10.0 Å². The highest BCUT2D eigenvalue weighted by Crippen LogP contribution is 2.26. The molecule has 2 rings (SSSR count). The Balaban J connectivity index is 2.29. The maximum absolute atomic E-state index is 12.5. The summed E-state index contributed by atoms with van der Waals surface area (Å²) in [6, 6.07) is 10.1. The predicted octanol–water partition coefficient (Wildman–Crippen LogP) is 3.93. The van der Waals surface area contributed by atoms with Gasteiger partial charge in [0.2, 0.25) is 0 Å². The van der Waals surface area contributed by atoms with Gasteiger partial charge in [-0.3, -0.25) is 9.52 Å². The average Bonchev–Trinajstić information content (AvgIpc) is 2.50. The van der Waals surface area contributed by atoms with Gasteiger partial charge < -0.3 is 5.32 Å². The lowest BCUT2D eigenvalue weighted by Crippen LogP contribution is -2.30. The van der Waals surface area contributed by atoms with Crippen LogP contribution in [-0.2, 0) is 10.0 Å². The standard InChI is InChI=1S/C16H16Cl2N2O3S/c1-10(2)19-16(21)11-4-3-5-13(8-11)24(22,23)20-12-6-7-14(17)15(18)9-12/h3-10,20H,1-2H3,(H,19,21). The number of amides is 1. The first-order chi connectivity index (χ1) is 11.2. The Morgan fingerprint density at radius 2 is 1.75 bits per heavy atom. The minimum Gasteiger partial charge on any atom is -0.350 e. The van der Waals surface area contributed by atoms with Crippen LogP contribution in [0.3, 0.4) is 0 Å². The summed E-state index contributed by atoms with van der Waals surface area (Å²) in [6.45, 7) is 3.65. The van der Waals surface area contributed by atoms with Crippen molar-refractivity contribution in [2.45, 2.75) is 24.8 Å². The summed E-state index contributed by atoms with van der Waals surface area (Å²) in [5.41, 5.74) is 0.544. The lowest BCUT2D eigenvalue weighted by atomic mass is 10.2. The van der Waals surface area contributed by atoms with E-state index in [-0.39, 0.29) is 33.1 Å². The van der Waals surface area contributed by atoms with Crippen LogP contribution in [0.25, 0.3) is 0 Å². The molecule has 0 radical (unpaired) electrons. The highest BCUT2D eigenvalue weighted by atomic mass is 35.5. The molecule has 0 bridgehead atoms. The fourth-order valence-electron chi connectivity index (χ4n) is 1.92. The van der Waals surface area contributed by atoms with Crippen LogP contribution < -0.4 is 10.0 Å². The number of carbonyl (C=O) groups is 1. The van der Waals surface area contributed by atoms with Gasteiger partial charge in [-0.15, -0.1) is 0 Å². The fraction of sp³-hybridized carbons (Fsp3) is 0.188. The molecule has 2 aromatic rings. The van der Waals surface area contributed by atoms with Crippen molar-refractivity contribution in [2.75, 3.05) is 4.72 Å². The van der Waals surface area contributed by atoms with Gasteiger partial charge in [-0.05, 0) is 50.2 Å². The van der Waals surface area contributed by atoms with Gasteiger partial charge >= 0.3 is 0 Å². The van der Waals surface area contributed by atoms with E-state index in [0.717, 1.165) is 0 Å². The predicted molar refractivity (Wildman–Crippen MR) is 96.3 cm³/mol. The molecular formula is C16H16Cl2N2O3S. The quantitative estimate of drug-likeness (QED) is 0.816. The monoisotopic (exact) mass is 386 g/mol. The van der Waals surface area contributed by atoms with Crippen molar-refractivity contribution in [3.8, 4) is 0 Å². The summed E-state index contributed by atoms with van der Waals surface area (Å²) in [7, 11) is -3.86. The van der Waals surface area contributed by atoms with Crippen molar-refractivity contribution in [1.29, 1.82) is 0 Å². The summed E-state index contributed by atoms with van der Waals surface area (Å²) < 4.78 is 27.4. The van der Waals surface area contributed by atoms with Crippen LogP contribution in [-0.4, -0.2) is 20.4 Å². The molecule has 0 aliphatic carbocycles. The summed E-state index contributed by atoms with van der Waals surface area (Å²) in [5, 5.41) is 3.28. The molecule has 2 N–H and O–H groups in total. The average molecular weight is 387 g/mol. The van der Waals surface area contributed by atoms with Crippen LogP contribution >= 0.6 is 23.2 Å². The molecule has 0 aromatic heterocycles. The zero-order valence-corrected chi connectivity index (χ0v) is 15.3. The van der Waals surface area contributed by atoms with Crippen molar-refractivity contribution < 1.29 is 13.2 Å². The number of anilines is 1. The fourth-order valence-corrected chi connectivity index (χ4v) is 3.32. The number of nitrogens with one attached hydrogen (secondary N) is 2. The smallest absolute Gasteiger partial charge is 0.261 e. The van der Waals surface area contributed by atoms with Gasteiger partial charge in [-0.25, -0.2) is 8.42 Å². The molecule has 128 valence electrons. The highest BCUT2D eigenvalue weighted by molar-refractivity contribution is 7.92. The molecule has 0 fully saturated rings. The van der Waals surface area contributed by atoms with Crippen LogP contribution in [0.4, 0.5) is 5.69 Å². The number of hydrogen-bond donors (Lipinski definition) is 2. The Kier molecular flexibility index (Phi) is 5.74. The SMILES string of the molecule is CC(C)NC(=O)c1cccc(S(=O)(=O)Nc2ccc(Cl)c(Cl)c2)c1. The van der Waals surface area contributed by atoms with E-state index in [1.165, 1.54) is 36.4 Å². The molecule has 8 heteroatoms. The number of benzene rings is 2. The van der Waals surface area contributed by atoms with E-state index in [0.29, 0.717) is 5.02 Å². The number of hydrogen-bond acceptors (Lipinski definition) is 3. The maximum Gasteiger partial charge on any atom is 0.261 e. The Labute approximate surface area is 151 Å². The zero-order valence-electron chi connectivity index (χ0n) is 13.0. The minimum absolute atomic E-state index is 0.0232. The van der Waals surface area contributed by atoms with Gasteiger partial charge in [-0.1, -0.05) is 29.3 Å². The maximum atomic E-state index is 12.5. The molecule has 0 aliphatic heterocycles. The third kappa shape index (κ3) is 4.63. The Morgan fingerprint density at radius 3 is 2.38 bits per heavy atom. The van der Waals surface area contributed by atoms with Crippen LogP contribution in [0.2, 0.25) is 10.0 Å². The first kappa shape index (κ1) is 18.6. The topological polar surface area (TPSA) is 75.3 Å². The number of halogens is 2. The van der Waals surface area contributed by atoms with Crippen molar-refractivity contribution in [3.05, 3.63) is 58.1 Å². The molecule has 0 saturated heterocycles. The number of rotatable bonds is 5. The molecular weight excluding hydrogens is 371 g/mol. The van der Waals surface area contributed by atoms with Gasteiger partial charge in [0.1, 0.15) is 0 Å². The third-order valence-electron chi connectivity index (χ3n) is 3.00. The largest absolute Gasteiger partial charge is 0.350 e. The first-order valence-electron chi connectivity index (χ1n) is 7.08. The summed E-state index contributed by atoms with van der Waals surface area (Å²) in [4.78, 5) is 12.0. The number of sulfonamides is 1. The highest BCUT2D eigenvalue weighted by Gasteiger charge is 2.17. The molecule has 24 heavy (non-hydrogen) atoms. The van der Waals surface area contributed by atoms with Crippen LogP contribution in [0.15, 0.2) is 47.4 Å². The summed E-state index contributed by atoms with van der Waals surface area (Å²) >= 11 is 11.7. The van der Waals surface area contributed by atoms with Crippen LogP contribution in [0.1, 0.15) is 24.2 Å². The van der Waals surface area contributed by atoms with Gasteiger partial charge in [0.25, 0.3) is 15.9 Å². The van der Waals surface area contributed by atoms with Crippen LogP contribution in [0.5, 0.6) is 0 Å². The molecule has 1 amide bonds. The summed E-state index contributed by atoms with van der Waals surface area (Å²) in [5.74, 6) is -0.336. The second-order valence-electron chi connectivity index (χ2n) is 5.39. The third-order valence-corrected chi connectivity index (χ3v) is 5.12. The Bertz CT molecular complexity index is 867. The molecule has 0 unspecified atom stereocenters. The molecule has 0 saturated carbocycles. The van der Waals surface area contributed by atoms with Gasteiger partial charge in [0.05, 0.1) is 20.6 Å². The van der Waals surface area contributed by atoms with E-state index in [1.807, 2.05) is 13.8 Å². The zero-order chi connectivity index (χ0) is 17.9. The first-order valence-corrected chi connectivity index (χ1v) is 9.32. The van der Waals surface area contributed by atoms with Gasteiger partial charge in [-0.2, -0.15) is 0 Å². The lowest BCUT2D eigenvalue weighted by molar-refractivity contribution is 0.0943. The molecule has 0 heterocycles. The number of carbonyl (C=O) groups excluding carboxylic acids is 1. The molecule has 5 nitrogen and oxygen atoms in total. The van der Waals surface area contributed by atoms with E-state index in [4.69, 9.17) is 23.2 Å². The molecule has 2 aromatic carbocycles. The van der Waals surface area contributed by atoms with Crippen LogP contribution in [0, 0.1) is 0 Å². The van der Waals surface area contributed by atoms with Crippen molar-refractivity contribution in [1.82, 2.24) is 5.32 Å². The van der Waals surface area contributed by atoms with Gasteiger partial charge in [0.15, 0.2) is 0 Å². The molecule has 0 spiro atoms.